The maximum Gasteiger partial charge on any atom is 0.343 e. The number of hydrazone groups is 1. The molecule has 192 valence electrons. The zero-order chi connectivity index (χ0) is 26.8. The number of nitro groups is 1. The second-order valence-corrected chi connectivity index (χ2v) is 7.18. The summed E-state index contributed by atoms with van der Waals surface area (Å²) < 4.78 is 26.4. The van der Waals surface area contributed by atoms with E-state index in [1.54, 1.807) is 24.3 Å². The Morgan fingerprint density at radius 3 is 2.30 bits per heavy atom. The fraction of sp³-hybridized carbons (Fsp3) is 0.160. The number of esters is 1. The van der Waals surface area contributed by atoms with E-state index in [1.165, 1.54) is 63.9 Å². The molecule has 0 saturated heterocycles. The molecule has 0 radical (unpaired) electrons. The summed E-state index contributed by atoms with van der Waals surface area (Å²) in [6, 6.07) is 15.1. The van der Waals surface area contributed by atoms with Gasteiger partial charge in [0.2, 0.25) is 5.75 Å². The molecule has 1 N–H and O–H groups in total. The maximum absolute atomic E-state index is 12.7. The van der Waals surface area contributed by atoms with Crippen LogP contribution in [0.1, 0.15) is 15.9 Å². The van der Waals surface area contributed by atoms with Crippen molar-refractivity contribution in [1.82, 2.24) is 5.43 Å². The number of amides is 1. The van der Waals surface area contributed by atoms with Crippen molar-refractivity contribution in [2.45, 2.75) is 0 Å². The second-order valence-electron chi connectivity index (χ2n) is 7.18. The highest BCUT2D eigenvalue weighted by Crippen LogP contribution is 2.38. The molecule has 0 aliphatic rings. The number of methoxy groups -OCH3 is 3. The lowest BCUT2D eigenvalue weighted by Gasteiger charge is -2.13. The number of ether oxygens (including phenoxy) is 5. The molecule has 12 nitrogen and oxygen atoms in total. The Morgan fingerprint density at radius 2 is 1.65 bits per heavy atom. The van der Waals surface area contributed by atoms with Crippen molar-refractivity contribution in [2.24, 2.45) is 5.10 Å². The van der Waals surface area contributed by atoms with Crippen LogP contribution in [0.4, 0.5) is 5.69 Å². The van der Waals surface area contributed by atoms with Crippen molar-refractivity contribution in [3.05, 3.63) is 81.9 Å². The molecule has 3 aromatic carbocycles. The van der Waals surface area contributed by atoms with Gasteiger partial charge in [-0.25, -0.2) is 10.2 Å². The van der Waals surface area contributed by atoms with Gasteiger partial charge in [0, 0.05) is 6.07 Å². The largest absolute Gasteiger partial charge is 0.493 e. The number of benzene rings is 3. The monoisotopic (exact) mass is 509 g/mol. The third-order valence-electron chi connectivity index (χ3n) is 4.79. The van der Waals surface area contributed by atoms with E-state index in [9.17, 15) is 19.7 Å². The molecule has 12 heteroatoms. The summed E-state index contributed by atoms with van der Waals surface area (Å²) in [6.07, 6.45) is 1.33. The lowest BCUT2D eigenvalue weighted by molar-refractivity contribution is -0.385. The maximum atomic E-state index is 12.7. The van der Waals surface area contributed by atoms with Gasteiger partial charge in [0.1, 0.15) is 5.75 Å². The SMILES string of the molecule is COc1cc(C(=O)Oc2cccc(C=NNC(=O)COc3ccccc3[N+](=O)[O-])c2)cc(OC)c1OC. The summed E-state index contributed by atoms with van der Waals surface area (Å²) in [5.41, 5.74) is 2.71. The Hall–Kier alpha value is -5.13. The Balaban J connectivity index is 1.61. The van der Waals surface area contributed by atoms with E-state index < -0.39 is 23.4 Å². The van der Waals surface area contributed by atoms with E-state index in [1.807, 2.05) is 0 Å². The molecule has 1 amide bonds. The van der Waals surface area contributed by atoms with E-state index in [0.717, 1.165) is 0 Å². The molecule has 0 unspecified atom stereocenters. The van der Waals surface area contributed by atoms with Crippen molar-refractivity contribution < 1.29 is 38.2 Å². The fourth-order valence-corrected chi connectivity index (χ4v) is 3.11. The highest BCUT2D eigenvalue weighted by Gasteiger charge is 2.18. The van der Waals surface area contributed by atoms with Crippen molar-refractivity contribution in [2.75, 3.05) is 27.9 Å². The van der Waals surface area contributed by atoms with Gasteiger partial charge in [-0.3, -0.25) is 14.9 Å². The minimum atomic E-state index is -0.659. The summed E-state index contributed by atoms with van der Waals surface area (Å²) in [4.78, 5) is 35.1. The number of hydrogen-bond donors (Lipinski definition) is 1. The molecule has 3 rings (SSSR count). The Bertz CT molecular complexity index is 1300. The number of para-hydroxylation sites is 2. The van der Waals surface area contributed by atoms with Crippen LogP contribution in [0.3, 0.4) is 0 Å². The van der Waals surface area contributed by atoms with Crippen LogP contribution in [0.15, 0.2) is 65.8 Å². The first-order valence-electron chi connectivity index (χ1n) is 10.7. The molecule has 0 atom stereocenters. The normalized spacial score (nSPS) is 10.5. The first-order valence-corrected chi connectivity index (χ1v) is 10.7. The number of nitrogens with zero attached hydrogens (tertiary/aromatic N) is 2. The van der Waals surface area contributed by atoms with Crippen molar-refractivity contribution in [3.63, 3.8) is 0 Å². The van der Waals surface area contributed by atoms with E-state index in [4.69, 9.17) is 23.7 Å². The molecule has 0 aliphatic heterocycles. The zero-order valence-electron chi connectivity index (χ0n) is 20.1. The molecule has 37 heavy (non-hydrogen) atoms. The Morgan fingerprint density at radius 1 is 0.946 bits per heavy atom. The van der Waals surface area contributed by atoms with E-state index in [2.05, 4.69) is 10.5 Å². The number of carbonyl (C=O) groups is 2. The molecule has 0 heterocycles. The smallest absolute Gasteiger partial charge is 0.343 e. The number of carbonyl (C=O) groups excluding carboxylic acids is 2. The predicted molar refractivity (Wildman–Crippen MR) is 132 cm³/mol. The van der Waals surface area contributed by atoms with Gasteiger partial charge in [0.05, 0.1) is 38.0 Å². The standard InChI is InChI=1S/C25H23N3O9/c1-33-21-12-17(13-22(34-2)24(21)35-3)25(30)37-18-8-6-7-16(11-18)14-26-27-23(29)15-36-20-10-5-4-9-19(20)28(31)32/h4-14H,15H2,1-3H3,(H,27,29). The van der Waals surface area contributed by atoms with Crippen LogP contribution in [0.25, 0.3) is 0 Å². The number of hydrogen-bond acceptors (Lipinski definition) is 10. The predicted octanol–water partition coefficient (Wildman–Crippen LogP) is 3.37. The number of nitro benzene ring substituents is 1. The average Bonchev–Trinajstić information content (AvgIpc) is 2.91. The summed E-state index contributed by atoms with van der Waals surface area (Å²) >= 11 is 0. The third kappa shape index (κ3) is 6.94. The van der Waals surface area contributed by atoms with Gasteiger partial charge in [-0.15, -0.1) is 0 Å². The van der Waals surface area contributed by atoms with Gasteiger partial charge in [0.25, 0.3) is 5.91 Å². The minimum Gasteiger partial charge on any atom is -0.493 e. The first-order chi connectivity index (χ1) is 17.9. The Labute approximate surface area is 211 Å². The van der Waals surface area contributed by atoms with Gasteiger partial charge in [0.15, 0.2) is 23.9 Å². The lowest BCUT2D eigenvalue weighted by atomic mass is 10.1. The quantitative estimate of drug-likeness (QED) is 0.135. The first kappa shape index (κ1) is 26.5. The van der Waals surface area contributed by atoms with Crippen molar-refractivity contribution in [1.29, 1.82) is 0 Å². The summed E-state index contributed by atoms with van der Waals surface area (Å²) in [6.45, 7) is -0.478. The van der Waals surface area contributed by atoms with E-state index in [-0.39, 0.29) is 22.7 Å². The van der Waals surface area contributed by atoms with Crippen LogP contribution >= 0.6 is 0 Å². The van der Waals surface area contributed by atoms with Gasteiger partial charge < -0.3 is 23.7 Å². The molecule has 0 aliphatic carbocycles. The van der Waals surface area contributed by atoms with Gasteiger partial charge >= 0.3 is 11.7 Å². The Kier molecular flexibility index (Phi) is 8.97. The number of nitrogens with one attached hydrogen (secondary N) is 1. The van der Waals surface area contributed by atoms with Crippen LogP contribution in [-0.4, -0.2) is 51.0 Å². The van der Waals surface area contributed by atoms with E-state index >= 15 is 0 Å². The van der Waals surface area contributed by atoms with Gasteiger partial charge in [-0.2, -0.15) is 5.10 Å². The van der Waals surface area contributed by atoms with Crippen LogP contribution < -0.4 is 29.1 Å². The molecule has 0 fully saturated rings. The average molecular weight is 509 g/mol. The van der Waals surface area contributed by atoms with Crippen LogP contribution in [0.2, 0.25) is 0 Å². The van der Waals surface area contributed by atoms with E-state index in [0.29, 0.717) is 22.8 Å². The minimum absolute atomic E-state index is 0.0340. The summed E-state index contributed by atoms with van der Waals surface area (Å²) in [7, 11) is 4.33. The fourth-order valence-electron chi connectivity index (χ4n) is 3.11. The molecular weight excluding hydrogens is 486 g/mol. The second kappa shape index (κ2) is 12.5. The summed E-state index contributed by atoms with van der Waals surface area (Å²) in [5.74, 6) is -0.142. The molecule has 3 aromatic rings. The summed E-state index contributed by atoms with van der Waals surface area (Å²) in [5, 5.41) is 14.8. The molecular formula is C25H23N3O9. The topological polar surface area (TPSA) is 148 Å². The lowest BCUT2D eigenvalue weighted by Crippen LogP contribution is -2.24. The molecule has 0 saturated carbocycles. The van der Waals surface area contributed by atoms with Gasteiger partial charge in [-0.05, 0) is 35.9 Å². The van der Waals surface area contributed by atoms with Gasteiger partial charge in [-0.1, -0.05) is 24.3 Å². The third-order valence-corrected chi connectivity index (χ3v) is 4.79. The van der Waals surface area contributed by atoms with Crippen LogP contribution in [-0.2, 0) is 4.79 Å². The highest BCUT2D eigenvalue weighted by molar-refractivity contribution is 5.93. The van der Waals surface area contributed by atoms with Crippen LogP contribution in [0.5, 0.6) is 28.7 Å². The highest BCUT2D eigenvalue weighted by atomic mass is 16.6. The molecule has 0 spiro atoms. The molecule has 0 bridgehead atoms. The van der Waals surface area contributed by atoms with Crippen molar-refractivity contribution >= 4 is 23.8 Å². The number of rotatable bonds is 11. The van der Waals surface area contributed by atoms with Crippen molar-refractivity contribution in [3.8, 4) is 28.7 Å². The molecule has 0 aromatic heterocycles. The zero-order valence-corrected chi connectivity index (χ0v) is 20.1. The van der Waals surface area contributed by atoms with Crippen LogP contribution in [0, 0.1) is 10.1 Å².